The zero-order valence-electron chi connectivity index (χ0n) is 27.3. The number of nitrogens with zero attached hydrogens (tertiary/aromatic N) is 2. The fraction of sp³-hybridized carbons (Fsp3) is 0.0889. The maximum Gasteiger partial charge on any atom is 0.146 e. The molecule has 9 aromatic rings. The van der Waals surface area contributed by atoms with E-state index in [-0.39, 0.29) is 0 Å². The molecule has 2 heteroatoms. The molecule has 0 aliphatic rings. The van der Waals surface area contributed by atoms with Gasteiger partial charge in [0.2, 0.25) is 0 Å². The van der Waals surface area contributed by atoms with Crippen LogP contribution in [0.15, 0.2) is 133 Å². The van der Waals surface area contributed by atoms with Gasteiger partial charge in [-0.05, 0) is 104 Å². The van der Waals surface area contributed by atoms with E-state index in [9.17, 15) is 0 Å². The Bertz CT molecular complexity index is 2760. The van der Waals surface area contributed by atoms with E-state index in [4.69, 9.17) is 4.98 Å². The van der Waals surface area contributed by atoms with Crippen LogP contribution in [0.4, 0.5) is 0 Å². The van der Waals surface area contributed by atoms with Crippen LogP contribution in [-0.2, 0) is 0 Å². The number of pyridine rings is 1. The minimum absolute atomic E-state index is 1.00. The van der Waals surface area contributed by atoms with Crippen molar-refractivity contribution in [1.29, 1.82) is 0 Å². The second kappa shape index (κ2) is 11.6. The van der Waals surface area contributed by atoms with E-state index >= 15 is 0 Å². The first-order valence-corrected chi connectivity index (χ1v) is 16.6. The normalized spacial score (nSPS) is 12.5. The van der Waals surface area contributed by atoms with Crippen LogP contribution in [0.2, 0.25) is 0 Å². The molecule has 0 saturated heterocycles. The van der Waals surface area contributed by atoms with Crippen molar-refractivity contribution in [2.75, 3.05) is 0 Å². The maximum atomic E-state index is 5.12. The summed E-state index contributed by atoms with van der Waals surface area (Å²) in [5.41, 5.74) is 9.22. The third kappa shape index (κ3) is 4.44. The summed E-state index contributed by atoms with van der Waals surface area (Å²) < 4.78 is 2.33. The first kappa shape index (κ1) is 28.7. The van der Waals surface area contributed by atoms with Crippen LogP contribution in [-0.4, -0.2) is 9.38 Å². The lowest BCUT2D eigenvalue weighted by Gasteiger charge is -2.14. The van der Waals surface area contributed by atoms with Gasteiger partial charge >= 0.3 is 0 Å². The Hall–Kier alpha value is -5.73. The number of para-hydroxylation sites is 2. The van der Waals surface area contributed by atoms with Crippen LogP contribution >= 0.6 is 0 Å². The highest BCUT2D eigenvalue weighted by Crippen LogP contribution is 2.38. The van der Waals surface area contributed by atoms with Crippen molar-refractivity contribution in [3.05, 3.63) is 144 Å². The first-order chi connectivity index (χ1) is 23.2. The van der Waals surface area contributed by atoms with Gasteiger partial charge in [0, 0.05) is 16.2 Å². The summed E-state index contributed by atoms with van der Waals surface area (Å²) in [5, 5.41) is 11.3. The molecule has 0 N–H and O–H groups in total. The second-order valence-corrected chi connectivity index (χ2v) is 11.8. The number of hydrogen-bond acceptors (Lipinski definition) is 1. The molecule has 0 aliphatic heterocycles. The molecule has 0 spiro atoms. The zero-order chi connectivity index (χ0) is 32.1. The summed E-state index contributed by atoms with van der Waals surface area (Å²) in [6.07, 6.45) is 4.43. The molecule has 0 radical (unpaired) electrons. The van der Waals surface area contributed by atoms with E-state index in [0.717, 1.165) is 16.7 Å². The summed E-state index contributed by atoms with van der Waals surface area (Å²) in [4.78, 5) is 5.12. The van der Waals surface area contributed by atoms with Crippen molar-refractivity contribution in [3.8, 4) is 22.3 Å². The Labute approximate surface area is 274 Å². The molecule has 2 aromatic heterocycles. The minimum Gasteiger partial charge on any atom is -0.292 e. The highest BCUT2D eigenvalue weighted by atomic mass is 15.0. The molecule has 0 saturated carbocycles. The Balaban J connectivity index is 0.00000159. The molecule has 0 amide bonds. The summed E-state index contributed by atoms with van der Waals surface area (Å²) in [7, 11) is 0. The van der Waals surface area contributed by atoms with E-state index in [1.807, 2.05) is 13.8 Å². The molecule has 0 fully saturated rings. The number of imidazole rings is 1. The molecular formula is C45H36N2. The molecule has 7 aromatic carbocycles. The van der Waals surface area contributed by atoms with E-state index in [2.05, 4.69) is 164 Å². The Morgan fingerprint density at radius 2 is 1.19 bits per heavy atom. The van der Waals surface area contributed by atoms with Crippen LogP contribution in [0.3, 0.4) is 0 Å². The quantitative estimate of drug-likeness (QED) is 0.179. The fourth-order valence-corrected chi connectivity index (χ4v) is 7.37. The Kier molecular flexibility index (Phi) is 7.07. The lowest BCUT2D eigenvalue weighted by atomic mass is 9.93. The molecule has 0 unspecified atom stereocenters. The predicted molar refractivity (Wildman–Crippen MR) is 204 cm³/mol. The van der Waals surface area contributed by atoms with Gasteiger partial charge in [0.05, 0.1) is 16.6 Å². The van der Waals surface area contributed by atoms with Crippen molar-refractivity contribution in [3.63, 3.8) is 0 Å². The highest BCUT2D eigenvalue weighted by Gasteiger charge is 2.16. The lowest BCUT2D eigenvalue weighted by molar-refractivity contribution is 1.32. The average Bonchev–Trinajstić information content (AvgIpc) is 3.54. The van der Waals surface area contributed by atoms with E-state index in [1.54, 1.807) is 0 Å². The fourth-order valence-electron chi connectivity index (χ4n) is 7.37. The smallest absolute Gasteiger partial charge is 0.146 e. The number of benzene rings is 7. The molecule has 9 rings (SSSR count). The molecule has 226 valence electrons. The van der Waals surface area contributed by atoms with Crippen molar-refractivity contribution >= 4 is 72.1 Å². The minimum atomic E-state index is 1.00. The van der Waals surface area contributed by atoms with Crippen LogP contribution in [0.1, 0.15) is 27.7 Å². The molecule has 0 bridgehead atoms. The van der Waals surface area contributed by atoms with Crippen LogP contribution in [0, 0.1) is 0 Å². The van der Waals surface area contributed by atoms with Gasteiger partial charge in [-0.2, -0.15) is 0 Å². The first-order valence-electron chi connectivity index (χ1n) is 16.6. The average molecular weight is 605 g/mol. The van der Waals surface area contributed by atoms with E-state index in [1.165, 1.54) is 75.9 Å². The van der Waals surface area contributed by atoms with Gasteiger partial charge in [-0.1, -0.05) is 123 Å². The third-order valence-electron chi connectivity index (χ3n) is 9.48. The largest absolute Gasteiger partial charge is 0.292 e. The summed E-state index contributed by atoms with van der Waals surface area (Å²) in [6.45, 7) is 8.25. The van der Waals surface area contributed by atoms with Gasteiger partial charge in [-0.25, -0.2) is 4.98 Å². The van der Waals surface area contributed by atoms with Crippen molar-refractivity contribution in [2.24, 2.45) is 0 Å². The zero-order valence-corrected chi connectivity index (χ0v) is 27.3. The van der Waals surface area contributed by atoms with Gasteiger partial charge in [0.15, 0.2) is 0 Å². The highest BCUT2D eigenvalue weighted by molar-refractivity contribution is 6.24. The third-order valence-corrected chi connectivity index (χ3v) is 9.48. The molecule has 2 heterocycles. The summed E-state index contributed by atoms with van der Waals surface area (Å²) in [5.74, 6) is 0. The van der Waals surface area contributed by atoms with Gasteiger partial charge < -0.3 is 0 Å². The van der Waals surface area contributed by atoms with E-state index in [0.29, 0.717) is 0 Å². The number of aromatic nitrogens is 2. The van der Waals surface area contributed by atoms with Crippen molar-refractivity contribution in [2.45, 2.75) is 27.7 Å². The number of hydrogen-bond donors (Lipinski definition) is 0. The standard InChI is InChI=1S/C43H30N2.C2H6/c1-3-27-25-37(35-14-8-7-13-34(35)32(27)4-2)30-19-17-28(18-20-30)31-22-24-40-38(26-31)42-33-12-6-5-11-29(33)21-23-36(42)43-44-39-15-9-10-16-41(39)45(40)43;1-2/h3-26H,1-2H3;1-2H3/b27-3-,32-4+;. The van der Waals surface area contributed by atoms with Crippen LogP contribution in [0.25, 0.3) is 94.3 Å². The Morgan fingerprint density at radius 3 is 1.98 bits per heavy atom. The van der Waals surface area contributed by atoms with Gasteiger partial charge in [0.1, 0.15) is 5.65 Å². The molecule has 47 heavy (non-hydrogen) atoms. The van der Waals surface area contributed by atoms with Gasteiger partial charge in [-0.15, -0.1) is 0 Å². The molecule has 0 atom stereocenters. The van der Waals surface area contributed by atoms with Crippen molar-refractivity contribution in [1.82, 2.24) is 9.38 Å². The maximum absolute atomic E-state index is 5.12. The topological polar surface area (TPSA) is 17.3 Å². The van der Waals surface area contributed by atoms with Crippen molar-refractivity contribution < 1.29 is 0 Å². The lowest BCUT2D eigenvalue weighted by Crippen LogP contribution is -2.25. The SMILES string of the molecule is C/C=c1/cc(-c2ccc(-c3ccc4c(c3)c3c5ccccc5ccc3c3nc5ccccc5n43)cc2)c2ccccc2/c1=C/C.CC. The monoisotopic (exact) mass is 604 g/mol. The molecular weight excluding hydrogens is 569 g/mol. The number of fused-ring (bicyclic) bond motifs is 11. The van der Waals surface area contributed by atoms with E-state index < -0.39 is 0 Å². The van der Waals surface area contributed by atoms with Gasteiger partial charge in [0.25, 0.3) is 0 Å². The summed E-state index contributed by atoms with van der Waals surface area (Å²) in [6, 6.07) is 48.7. The van der Waals surface area contributed by atoms with Crippen LogP contribution in [0.5, 0.6) is 0 Å². The predicted octanol–water partition coefficient (Wildman–Crippen LogP) is 11.1. The Morgan fingerprint density at radius 1 is 0.511 bits per heavy atom. The molecule has 0 aliphatic carbocycles. The van der Waals surface area contributed by atoms with Gasteiger partial charge in [-0.3, -0.25) is 4.40 Å². The summed E-state index contributed by atoms with van der Waals surface area (Å²) >= 11 is 0. The number of rotatable bonds is 2. The second-order valence-electron chi connectivity index (χ2n) is 11.8. The van der Waals surface area contributed by atoms with Crippen LogP contribution < -0.4 is 10.4 Å². The molecule has 2 nitrogen and oxygen atoms in total.